The van der Waals surface area contributed by atoms with Crippen molar-refractivity contribution in [1.29, 1.82) is 0 Å². The van der Waals surface area contributed by atoms with E-state index in [1.165, 1.54) is 17.0 Å². The molecule has 2 fully saturated rings. The summed E-state index contributed by atoms with van der Waals surface area (Å²) < 4.78 is 13.9. The number of hydrogen-bond donors (Lipinski definition) is 0. The molecular formula is C25H28FN3. The van der Waals surface area contributed by atoms with Gasteiger partial charge in [-0.2, -0.15) is 0 Å². The van der Waals surface area contributed by atoms with E-state index in [1.54, 1.807) is 6.07 Å². The maximum Gasteiger partial charge on any atom is 0.125 e. The van der Waals surface area contributed by atoms with Crippen LogP contribution < -0.4 is 4.90 Å². The molecule has 1 aromatic heterocycles. The molecule has 0 unspecified atom stereocenters. The summed E-state index contributed by atoms with van der Waals surface area (Å²) in [5.41, 5.74) is 3.48. The van der Waals surface area contributed by atoms with Gasteiger partial charge < -0.3 is 4.90 Å². The minimum Gasteiger partial charge on any atom is -0.363 e. The van der Waals surface area contributed by atoms with E-state index < -0.39 is 0 Å². The van der Waals surface area contributed by atoms with E-state index in [4.69, 9.17) is 0 Å². The van der Waals surface area contributed by atoms with Crippen molar-refractivity contribution in [2.24, 2.45) is 5.92 Å². The quantitative estimate of drug-likeness (QED) is 0.610. The Balaban J connectivity index is 1.33. The van der Waals surface area contributed by atoms with Gasteiger partial charge in [-0.25, -0.2) is 4.39 Å². The second-order valence-electron chi connectivity index (χ2n) is 9.25. The Morgan fingerprint density at radius 2 is 2.00 bits per heavy atom. The largest absolute Gasteiger partial charge is 0.363 e. The van der Waals surface area contributed by atoms with Crippen molar-refractivity contribution in [3.63, 3.8) is 0 Å². The number of nitrogens with zero attached hydrogens (tertiary/aromatic N) is 3. The molecule has 3 heterocycles. The van der Waals surface area contributed by atoms with Crippen LogP contribution in [0.5, 0.6) is 0 Å². The molecular weight excluding hydrogens is 361 g/mol. The van der Waals surface area contributed by atoms with Gasteiger partial charge in [0, 0.05) is 48.5 Å². The van der Waals surface area contributed by atoms with Crippen molar-refractivity contribution in [1.82, 2.24) is 9.88 Å². The highest BCUT2D eigenvalue weighted by Crippen LogP contribution is 2.44. The molecule has 0 N–H and O–H groups in total. The van der Waals surface area contributed by atoms with Crippen LogP contribution in [0, 0.1) is 11.7 Å². The Labute approximate surface area is 172 Å². The number of rotatable bonds is 3. The fraction of sp³-hybridized carbons (Fsp3) is 0.400. The molecule has 2 aromatic carbocycles. The first-order chi connectivity index (χ1) is 14.0. The Hall–Kier alpha value is -2.46. The summed E-state index contributed by atoms with van der Waals surface area (Å²) in [5, 5.41) is 1.21. The molecule has 0 amide bonds. The third-order valence-corrected chi connectivity index (χ3v) is 6.68. The normalized spacial score (nSPS) is 24.0. The van der Waals surface area contributed by atoms with Crippen LogP contribution in [-0.4, -0.2) is 34.6 Å². The van der Waals surface area contributed by atoms with Gasteiger partial charge in [0.2, 0.25) is 0 Å². The highest BCUT2D eigenvalue weighted by atomic mass is 19.1. The molecule has 2 atom stereocenters. The highest BCUT2D eigenvalue weighted by Gasteiger charge is 2.48. The van der Waals surface area contributed by atoms with Crippen molar-refractivity contribution in [2.45, 2.75) is 44.8 Å². The lowest BCUT2D eigenvalue weighted by Gasteiger charge is -2.42. The van der Waals surface area contributed by atoms with E-state index in [0.717, 1.165) is 43.7 Å². The van der Waals surface area contributed by atoms with Crippen LogP contribution in [0.1, 0.15) is 32.3 Å². The lowest BCUT2D eigenvalue weighted by atomic mass is 9.89. The minimum atomic E-state index is -0.148. The van der Waals surface area contributed by atoms with Crippen molar-refractivity contribution in [3.05, 3.63) is 72.2 Å². The fourth-order valence-electron chi connectivity index (χ4n) is 5.62. The van der Waals surface area contributed by atoms with Crippen LogP contribution in [0.4, 0.5) is 10.1 Å². The zero-order valence-corrected chi connectivity index (χ0v) is 17.2. The zero-order chi connectivity index (χ0) is 20.0. The van der Waals surface area contributed by atoms with Crippen molar-refractivity contribution < 1.29 is 4.39 Å². The van der Waals surface area contributed by atoms with Crippen LogP contribution in [0.3, 0.4) is 0 Å². The van der Waals surface area contributed by atoms with E-state index >= 15 is 0 Å². The molecule has 29 heavy (non-hydrogen) atoms. The average Bonchev–Trinajstić information content (AvgIpc) is 2.97. The number of fused-ring (bicyclic) bond motifs is 2. The Morgan fingerprint density at radius 3 is 2.86 bits per heavy atom. The van der Waals surface area contributed by atoms with Crippen LogP contribution >= 0.6 is 0 Å². The minimum absolute atomic E-state index is 0.0494. The first-order valence-electron chi connectivity index (χ1n) is 10.6. The summed E-state index contributed by atoms with van der Waals surface area (Å²) in [6.45, 7) is 7.77. The smallest absolute Gasteiger partial charge is 0.125 e. The van der Waals surface area contributed by atoms with Gasteiger partial charge in [0.25, 0.3) is 0 Å². The molecule has 150 valence electrons. The van der Waals surface area contributed by atoms with Crippen LogP contribution in [0.15, 0.2) is 60.8 Å². The number of likely N-dealkylation sites (tertiary alicyclic amines) is 1. The number of halogens is 1. The third-order valence-electron chi connectivity index (χ3n) is 6.68. The predicted molar refractivity (Wildman–Crippen MR) is 116 cm³/mol. The highest BCUT2D eigenvalue weighted by molar-refractivity contribution is 5.78. The second-order valence-corrected chi connectivity index (χ2v) is 9.25. The van der Waals surface area contributed by atoms with Gasteiger partial charge >= 0.3 is 0 Å². The molecule has 0 spiro atoms. The summed E-state index contributed by atoms with van der Waals surface area (Å²) in [6.07, 6.45) is 4.12. The molecule has 0 saturated carbocycles. The topological polar surface area (TPSA) is 19.4 Å². The SMILES string of the molecule is CC1(C)C[C@@H]2CN(Cc3ccc4ncccc4c3)CC[C@@H]2N1c1cccc(F)c1. The first-order valence-corrected chi connectivity index (χ1v) is 10.6. The molecule has 0 bridgehead atoms. The van der Waals surface area contributed by atoms with E-state index in [0.29, 0.717) is 12.0 Å². The molecule has 3 nitrogen and oxygen atoms in total. The van der Waals surface area contributed by atoms with E-state index in [1.807, 2.05) is 18.3 Å². The summed E-state index contributed by atoms with van der Waals surface area (Å²) in [5.74, 6) is 0.467. The Bertz CT molecular complexity index is 1030. The van der Waals surface area contributed by atoms with Crippen molar-refractivity contribution in [3.8, 4) is 0 Å². The standard InChI is InChI=1S/C25H28FN3/c1-25(2)15-20-17-28(16-18-8-9-23-19(13-18)5-4-11-27-23)12-10-24(20)29(25)22-7-3-6-21(26)14-22/h3-9,11,13-14,20,24H,10,12,15-17H2,1-2H3/t20-,24+/m1/s1. The van der Waals surface area contributed by atoms with Gasteiger partial charge in [-0.1, -0.05) is 18.2 Å². The van der Waals surface area contributed by atoms with Gasteiger partial charge in [0.1, 0.15) is 5.82 Å². The van der Waals surface area contributed by atoms with Crippen LogP contribution in [-0.2, 0) is 6.54 Å². The zero-order valence-electron chi connectivity index (χ0n) is 17.2. The fourth-order valence-corrected chi connectivity index (χ4v) is 5.62. The molecule has 2 saturated heterocycles. The predicted octanol–water partition coefficient (Wildman–Crippen LogP) is 5.25. The average molecular weight is 390 g/mol. The van der Waals surface area contributed by atoms with E-state index in [-0.39, 0.29) is 11.4 Å². The summed E-state index contributed by atoms with van der Waals surface area (Å²) >= 11 is 0. The molecule has 0 radical (unpaired) electrons. The maximum atomic E-state index is 13.9. The molecule has 5 rings (SSSR count). The second kappa shape index (κ2) is 7.10. The third kappa shape index (κ3) is 3.51. The van der Waals surface area contributed by atoms with Crippen LogP contribution in [0.2, 0.25) is 0 Å². The summed E-state index contributed by atoms with van der Waals surface area (Å²) in [6, 6.07) is 18.3. The number of hydrogen-bond acceptors (Lipinski definition) is 3. The van der Waals surface area contributed by atoms with Crippen LogP contribution in [0.25, 0.3) is 10.9 Å². The molecule has 4 heteroatoms. The lowest BCUT2D eigenvalue weighted by Crippen LogP contribution is -2.48. The van der Waals surface area contributed by atoms with Crippen molar-refractivity contribution >= 4 is 16.6 Å². The molecule has 2 aliphatic rings. The van der Waals surface area contributed by atoms with E-state index in [2.05, 4.69) is 59.0 Å². The van der Waals surface area contributed by atoms with Gasteiger partial charge in [0.15, 0.2) is 0 Å². The Morgan fingerprint density at radius 1 is 1.10 bits per heavy atom. The van der Waals surface area contributed by atoms with Crippen molar-refractivity contribution in [2.75, 3.05) is 18.0 Å². The maximum absolute atomic E-state index is 13.9. The number of benzene rings is 2. The first kappa shape index (κ1) is 18.6. The number of aromatic nitrogens is 1. The summed E-state index contributed by atoms with van der Waals surface area (Å²) in [4.78, 5) is 9.50. The number of piperidine rings is 1. The molecule has 0 aliphatic carbocycles. The lowest BCUT2D eigenvalue weighted by molar-refractivity contribution is 0.161. The monoisotopic (exact) mass is 389 g/mol. The number of anilines is 1. The molecule has 3 aromatic rings. The van der Waals surface area contributed by atoms with E-state index in [9.17, 15) is 4.39 Å². The number of pyridine rings is 1. The van der Waals surface area contributed by atoms with Gasteiger partial charge in [-0.3, -0.25) is 9.88 Å². The van der Waals surface area contributed by atoms with Gasteiger partial charge in [-0.05, 0) is 74.6 Å². The summed E-state index contributed by atoms with van der Waals surface area (Å²) in [7, 11) is 0. The Kier molecular flexibility index (Phi) is 4.54. The van der Waals surface area contributed by atoms with Gasteiger partial charge in [0.05, 0.1) is 5.52 Å². The molecule has 2 aliphatic heterocycles. The van der Waals surface area contributed by atoms with Gasteiger partial charge in [-0.15, -0.1) is 0 Å².